The lowest BCUT2D eigenvalue weighted by atomic mass is 10.1. The number of anilines is 1. The molecule has 0 aromatic carbocycles. The monoisotopic (exact) mass is 250 g/mol. The third-order valence-corrected chi connectivity index (χ3v) is 3.60. The Morgan fingerprint density at radius 3 is 2.83 bits per heavy atom. The van der Waals surface area contributed by atoms with Crippen LogP contribution in [0.15, 0.2) is 10.9 Å². The standard InChI is InChI=1S/C13H22N4O/c1-4-10-8-17(11(5-2)7-14-10)12-6-13(18)16-9(3)15-12/h6,10-11,14H,4-5,7-8H2,1-3H3,(H,15,16,18). The van der Waals surface area contributed by atoms with Crippen LogP contribution in [-0.2, 0) is 0 Å². The zero-order valence-corrected chi connectivity index (χ0v) is 11.4. The molecule has 1 aliphatic heterocycles. The molecular formula is C13H22N4O. The molecule has 0 aliphatic carbocycles. The van der Waals surface area contributed by atoms with Crippen LogP contribution in [0, 0.1) is 6.92 Å². The highest BCUT2D eigenvalue weighted by Gasteiger charge is 2.27. The first kappa shape index (κ1) is 13.1. The molecule has 2 N–H and O–H groups in total. The molecule has 1 saturated heterocycles. The number of hydrogen-bond donors (Lipinski definition) is 2. The number of nitrogens with one attached hydrogen (secondary N) is 2. The van der Waals surface area contributed by atoms with E-state index in [0.717, 1.165) is 31.7 Å². The smallest absolute Gasteiger partial charge is 0.252 e. The quantitative estimate of drug-likeness (QED) is 0.841. The Morgan fingerprint density at radius 1 is 1.44 bits per heavy atom. The number of hydrogen-bond acceptors (Lipinski definition) is 4. The molecule has 1 aromatic heterocycles. The van der Waals surface area contributed by atoms with E-state index in [0.29, 0.717) is 17.9 Å². The summed E-state index contributed by atoms with van der Waals surface area (Å²) in [6.07, 6.45) is 2.14. The second-order valence-corrected chi connectivity index (χ2v) is 4.92. The molecule has 18 heavy (non-hydrogen) atoms. The van der Waals surface area contributed by atoms with Crippen LogP contribution >= 0.6 is 0 Å². The highest BCUT2D eigenvalue weighted by Crippen LogP contribution is 2.18. The molecule has 0 amide bonds. The summed E-state index contributed by atoms with van der Waals surface area (Å²) in [4.78, 5) is 21.0. The Kier molecular flexibility index (Phi) is 4.01. The van der Waals surface area contributed by atoms with Crippen molar-refractivity contribution in [2.45, 2.75) is 45.7 Å². The van der Waals surface area contributed by atoms with Crippen molar-refractivity contribution in [2.75, 3.05) is 18.0 Å². The molecule has 0 bridgehead atoms. The van der Waals surface area contributed by atoms with Gasteiger partial charge in [0.25, 0.3) is 5.56 Å². The molecule has 0 radical (unpaired) electrons. The van der Waals surface area contributed by atoms with E-state index in [1.165, 1.54) is 0 Å². The molecular weight excluding hydrogens is 228 g/mol. The van der Waals surface area contributed by atoms with Gasteiger partial charge in [0.05, 0.1) is 0 Å². The molecule has 5 heteroatoms. The number of aryl methyl sites for hydroxylation is 1. The molecule has 5 nitrogen and oxygen atoms in total. The van der Waals surface area contributed by atoms with Crippen LogP contribution in [0.3, 0.4) is 0 Å². The summed E-state index contributed by atoms with van der Waals surface area (Å²) >= 11 is 0. The lowest BCUT2D eigenvalue weighted by Gasteiger charge is -2.40. The topological polar surface area (TPSA) is 61.0 Å². The summed E-state index contributed by atoms with van der Waals surface area (Å²) in [6.45, 7) is 8.06. The van der Waals surface area contributed by atoms with E-state index >= 15 is 0 Å². The van der Waals surface area contributed by atoms with Crippen LogP contribution in [0.4, 0.5) is 5.82 Å². The fourth-order valence-electron chi connectivity index (χ4n) is 2.49. The highest BCUT2D eigenvalue weighted by molar-refractivity contribution is 5.40. The van der Waals surface area contributed by atoms with Gasteiger partial charge in [0.1, 0.15) is 11.6 Å². The average molecular weight is 250 g/mol. The first-order valence-corrected chi connectivity index (χ1v) is 6.72. The molecule has 2 unspecified atom stereocenters. The molecule has 0 spiro atoms. The summed E-state index contributed by atoms with van der Waals surface area (Å²) in [7, 11) is 0. The summed E-state index contributed by atoms with van der Waals surface area (Å²) < 4.78 is 0. The maximum Gasteiger partial charge on any atom is 0.252 e. The van der Waals surface area contributed by atoms with Crippen LogP contribution in [-0.4, -0.2) is 35.1 Å². The molecule has 2 rings (SSSR count). The summed E-state index contributed by atoms with van der Waals surface area (Å²) in [5.74, 6) is 1.49. The van der Waals surface area contributed by atoms with Crippen molar-refractivity contribution in [3.63, 3.8) is 0 Å². The largest absolute Gasteiger partial charge is 0.351 e. The first-order chi connectivity index (χ1) is 8.63. The second-order valence-electron chi connectivity index (χ2n) is 4.92. The number of aromatic amines is 1. The Morgan fingerprint density at radius 2 is 2.22 bits per heavy atom. The summed E-state index contributed by atoms with van der Waals surface area (Å²) in [6, 6.07) is 2.50. The molecule has 100 valence electrons. The van der Waals surface area contributed by atoms with Crippen molar-refractivity contribution >= 4 is 5.82 Å². The lowest BCUT2D eigenvalue weighted by Crippen LogP contribution is -2.56. The zero-order valence-electron chi connectivity index (χ0n) is 11.4. The van der Waals surface area contributed by atoms with Crippen molar-refractivity contribution < 1.29 is 0 Å². The molecule has 1 fully saturated rings. The minimum absolute atomic E-state index is 0.0704. The van der Waals surface area contributed by atoms with Gasteiger partial charge in [-0.1, -0.05) is 13.8 Å². The van der Waals surface area contributed by atoms with Gasteiger partial charge in [-0.05, 0) is 19.8 Å². The predicted octanol–water partition coefficient (Wildman–Crippen LogP) is 1.05. The van der Waals surface area contributed by atoms with Crippen LogP contribution in [0.5, 0.6) is 0 Å². The van der Waals surface area contributed by atoms with Gasteiger partial charge in [-0.2, -0.15) is 0 Å². The minimum Gasteiger partial charge on any atom is -0.351 e. The van der Waals surface area contributed by atoms with Crippen LogP contribution < -0.4 is 15.8 Å². The van der Waals surface area contributed by atoms with E-state index in [2.05, 4.69) is 34.0 Å². The Bertz CT molecular complexity index is 457. The Hall–Kier alpha value is -1.36. The Balaban J connectivity index is 2.29. The number of H-pyrrole nitrogens is 1. The zero-order chi connectivity index (χ0) is 13.1. The number of rotatable bonds is 3. The van der Waals surface area contributed by atoms with Gasteiger partial charge < -0.3 is 15.2 Å². The molecule has 1 aliphatic rings. The molecule has 2 atom stereocenters. The third-order valence-electron chi connectivity index (χ3n) is 3.60. The number of nitrogens with zero attached hydrogens (tertiary/aromatic N) is 2. The fraction of sp³-hybridized carbons (Fsp3) is 0.692. The predicted molar refractivity (Wildman–Crippen MR) is 73.1 cm³/mol. The van der Waals surface area contributed by atoms with Crippen molar-refractivity contribution in [1.29, 1.82) is 0 Å². The average Bonchev–Trinajstić information content (AvgIpc) is 2.36. The van der Waals surface area contributed by atoms with Gasteiger partial charge in [0.15, 0.2) is 0 Å². The van der Waals surface area contributed by atoms with Crippen LogP contribution in [0.25, 0.3) is 0 Å². The number of aromatic nitrogens is 2. The van der Waals surface area contributed by atoms with Crippen molar-refractivity contribution in [1.82, 2.24) is 15.3 Å². The van der Waals surface area contributed by atoms with Gasteiger partial charge in [-0.3, -0.25) is 4.79 Å². The van der Waals surface area contributed by atoms with Gasteiger partial charge in [0, 0.05) is 31.2 Å². The Labute approximate surface area is 108 Å². The minimum atomic E-state index is -0.0704. The summed E-state index contributed by atoms with van der Waals surface area (Å²) in [5, 5.41) is 3.54. The molecule has 1 aromatic rings. The third kappa shape index (κ3) is 2.72. The maximum absolute atomic E-state index is 11.6. The second kappa shape index (κ2) is 5.52. The van der Waals surface area contributed by atoms with Crippen LogP contribution in [0.2, 0.25) is 0 Å². The normalized spacial score (nSPS) is 24.3. The van der Waals surface area contributed by atoms with Gasteiger partial charge in [-0.15, -0.1) is 0 Å². The molecule has 2 heterocycles. The lowest BCUT2D eigenvalue weighted by molar-refractivity contribution is 0.376. The molecule has 0 saturated carbocycles. The van der Waals surface area contributed by atoms with E-state index in [4.69, 9.17) is 0 Å². The van der Waals surface area contributed by atoms with E-state index in [1.54, 1.807) is 6.07 Å². The van der Waals surface area contributed by atoms with Crippen molar-refractivity contribution in [2.24, 2.45) is 0 Å². The van der Waals surface area contributed by atoms with E-state index in [-0.39, 0.29) is 5.56 Å². The maximum atomic E-state index is 11.6. The first-order valence-electron chi connectivity index (χ1n) is 6.72. The van der Waals surface area contributed by atoms with E-state index in [1.807, 2.05) is 6.92 Å². The fourth-order valence-corrected chi connectivity index (χ4v) is 2.49. The van der Waals surface area contributed by atoms with Crippen LogP contribution in [0.1, 0.15) is 32.5 Å². The highest BCUT2D eigenvalue weighted by atomic mass is 16.1. The van der Waals surface area contributed by atoms with Gasteiger partial charge >= 0.3 is 0 Å². The number of piperazine rings is 1. The summed E-state index contributed by atoms with van der Waals surface area (Å²) in [5.41, 5.74) is -0.0704. The van der Waals surface area contributed by atoms with Crippen molar-refractivity contribution in [3.8, 4) is 0 Å². The van der Waals surface area contributed by atoms with Crippen molar-refractivity contribution in [3.05, 3.63) is 22.2 Å². The SMILES string of the molecule is CCC1CN(c2cc(=O)[nH]c(C)n2)C(CC)CN1. The van der Waals surface area contributed by atoms with Gasteiger partial charge in [0.2, 0.25) is 0 Å². The van der Waals surface area contributed by atoms with E-state index < -0.39 is 0 Å². The van der Waals surface area contributed by atoms with E-state index in [9.17, 15) is 4.79 Å². The van der Waals surface area contributed by atoms with Gasteiger partial charge in [-0.25, -0.2) is 4.98 Å².